The summed E-state index contributed by atoms with van der Waals surface area (Å²) < 4.78 is 5.23. The van der Waals surface area contributed by atoms with Gasteiger partial charge in [-0.2, -0.15) is 0 Å². The quantitative estimate of drug-likeness (QED) is 0.774. The standard InChI is InChI=1S/C17H27NO2/c1-6-12-18-17(5,16(19)20-7-2)15-10-8-14(9-11-15)13(3)4/h8-11,13,18H,6-7,12H2,1-5H3. The topological polar surface area (TPSA) is 38.3 Å². The lowest BCUT2D eigenvalue weighted by Gasteiger charge is -2.29. The molecule has 0 aliphatic heterocycles. The van der Waals surface area contributed by atoms with Crippen molar-refractivity contribution in [2.75, 3.05) is 13.2 Å². The van der Waals surface area contributed by atoms with Crippen LogP contribution in [0.15, 0.2) is 24.3 Å². The predicted molar refractivity (Wildman–Crippen MR) is 82.8 cm³/mol. The maximum Gasteiger partial charge on any atom is 0.330 e. The fraction of sp³-hybridized carbons (Fsp3) is 0.588. The fourth-order valence-electron chi connectivity index (χ4n) is 2.14. The Balaban J connectivity index is 3.06. The number of ether oxygens (including phenoxy) is 1. The van der Waals surface area contributed by atoms with E-state index in [0.29, 0.717) is 12.5 Å². The smallest absolute Gasteiger partial charge is 0.330 e. The molecule has 1 rings (SSSR count). The first-order chi connectivity index (χ1) is 9.45. The van der Waals surface area contributed by atoms with E-state index in [1.165, 1.54) is 5.56 Å². The molecule has 0 fully saturated rings. The molecule has 0 saturated carbocycles. The molecule has 112 valence electrons. The van der Waals surface area contributed by atoms with Crippen LogP contribution in [-0.4, -0.2) is 19.1 Å². The van der Waals surface area contributed by atoms with Crippen molar-refractivity contribution < 1.29 is 9.53 Å². The van der Waals surface area contributed by atoms with Crippen LogP contribution in [0.25, 0.3) is 0 Å². The summed E-state index contributed by atoms with van der Waals surface area (Å²) in [5.41, 5.74) is 1.45. The Hall–Kier alpha value is -1.35. The molecular formula is C17H27NO2. The molecule has 3 nitrogen and oxygen atoms in total. The molecule has 1 aromatic rings. The van der Waals surface area contributed by atoms with Gasteiger partial charge in [0.25, 0.3) is 0 Å². The molecule has 1 unspecified atom stereocenters. The highest BCUT2D eigenvalue weighted by Gasteiger charge is 2.35. The van der Waals surface area contributed by atoms with E-state index in [0.717, 1.165) is 18.5 Å². The van der Waals surface area contributed by atoms with E-state index < -0.39 is 5.54 Å². The zero-order chi connectivity index (χ0) is 15.2. The Morgan fingerprint density at radius 2 is 1.85 bits per heavy atom. The Morgan fingerprint density at radius 1 is 1.25 bits per heavy atom. The molecule has 0 bridgehead atoms. The van der Waals surface area contributed by atoms with Gasteiger partial charge < -0.3 is 4.74 Å². The average Bonchev–Trinajstić information content (AvgIpc) is 2.45. The minimum Gasteiger partial charge on any atom is -0.464 e. The van der Waals surface area contributed by atoms with Gasteiger partial charge in [-0.05, 0) is 43.9 Å². The normalized spacial score (nSPS) is 14.1. The van der Waals surface area contributed by atoms with Crippen LogP contribution in [0.2, 0.25) is 0 Å². The third-order valence-corrected chi connectivity index (χ3v) is 3.57. The van der Waals surface area contributed by atoms with E-state index in [9.17, 15) is 4.79 Å². The van der Waals surface area contributed by atoms with Crippen LogP contribution in [0.1, 0.15) is 58.1 Å². The Labute approximate surface area is 122 Å². The average molecular weight is 277 g/mol. The van der Waals surface area contributed by atoms with Crippen LogP contribution < -0.4 is 5.32 Å². The van der Waals surface area contributed by atoms with Gasteiger partial charge in [0.15, 0.2) is 0 Å². The number of nitrogens with one attached hydrogen (secondary N) is 1. The lowest BCUT2D eigenvalue weighted by Crippen LogP contribution is -2.48. The maximum atomic E-state index is 12.3. The summed E-state index contributed by atoms with van der Waals surface area (Å²) in [7, 11) is 0. The molecular weight excluding hydrogens is 250 g/mol. The molecule has 0 radical (unpaired) electrons. The van der Waals surface area contributed by atoms with Gasteiger partial charge in [-0.25, -0.2) is 4.79 Å². The van der Waals surface area contributed by atoms with E-state index in [1.54, 1.807) is 0 Å². The number of hydrogen-bond donors (Lipinski definition) is 1. The first kappa shape index (κ1) is 16.7. The van der Waals surface area contributed by atoms with Crippen LogP contribution in [0, 0.1) is 0 Å². The van der Waals surface area contributed by atoms with E-state index in [4.69, 9.17) is 4.74 Å². The molecule has 0 spiro atoms. The van der Waals surface area contributed by atoms with Gasteiger partial charge in [-0.1, -0.05) is 45.0 Å². The van der Waals surface area contributed by atoms with Crippen LogP contribution in [0.3, 0.4) is 0 Å². The second-order valence-corrected chi connectivity index (χ2v) is 5.55. The van der Waals surface area contributed by atoms with Crippen molar-refractivity contribution >= 4 is 5.97 Å². The highest BCUT2D eigenvalue weighted by molar-refractivity contribution is 5.82. The first-order valence-electron chi connectivity index (χ1n) is 7.48. The molecule has 0 aliphatic rings. The lowest BCUT2D eigenvalue weighted by atomic mass is 9.89. The summed E-state index contributed by atoms with van der Waals surface area (Å²) in [6, 6.07) is 8.22. The summed E-state index contributed by atoms with van der Waals surface area (Å²) in [6.45, 7) is 11.3. The van der Waals surface area contributed by atoms with Crippen molar-refractivity contribution in [3.05, 3.63) is 35.4 Å². The maximum absolute atomic E-state index is 12.3. The zero-order valence-electron chi connectivity index (χ0n) is 13.3. The molecule has 0 aromatic heterocycles. The van der Waals surface area contributed by atoms with E-state index in [1.807, 2.05) is 26.0 Å². The van der Waals surface area contributed by atoms with Crippen molar-refractivity contribution in [3.63, 3.8) is 0 Å². The van der Waals surface area contributed by atoms with Gasteiger partial charge in [0.1, 0.15) is 5.54 Å². The molecule has 20 heavy (non-hydrogen) atoms. The first-order valence-corrected chi connectivity index (χ1v) is 7.48. The lowest BCUT2D eigenvalue weighted by molar-refractivity contribution is -0.151. The second-order valence-electron chi connectivity index (χ2n) is 5.55. The van der Waals surface area contributed by atoms with Crippen LogP contribution in [0.4, 0.5) is 0 Å². The minimum absolute atomic E-state index is 0.217. The Morgan fingerprint density at radius 3 is 2.30 bits per heavy atom. The second kappa shape index (κ2) is 7.44. The van der Waals surface area contributed by atoms with E-state index in [2.05, 4.69) is 38.2 Å². The van der Waals surface area contributed by atoms with Crippen LogP contribution in [-0.2, 0) is 15.1 Å². The van der Waals surface area contributed by atoms with Gasteiger partial charge in [0, 0.05) is 0 Å². The summed E-state index contributed by atoms with van der Waals surface area (Å²) >= 11 is 0. The number of carbonyl (C=O) groups excluding carboxylic acids is 1. The summed E-state index contributed by atoms with van der Waals surface area (Å²) in [4.78, 5) is 12.3. The molecule has 0 saturated heterocycles. The third kappa shape index (κ3) is 3.83. The monoisotopic (exact) mass is 277 g/mol. The third-order valence-electron chi connectivity index (χ3n) is 3.57. The van der Waals surface area contributed by atoms with Crippen molar-refractivity contribution in [2.24, 2.45) is 0 Å². The summed E-state index contributed by atoms with van der Waals surface area (Å²) in [6.07, 6.45) is 0.971. The van der Waals surface area contributed by atoms with Crippen molar-refractivity contribution in [1.82, 2.24) is 5.32 Å². The summed E-state index contributed by atoms with van der Waals surface area (Å²) in [5, 5.41) is 3.32. The van der Waals surface area contributed by atoms with Crippen LogP contribution >= 0.6 is 0 Å². The van der Waals surface area contributed by atoms with Gasteiger partial charge in [0.05, 0.1) is 6.61 Å². The molecule has 1 N–H and O–H groups in total. The SMILES string of the molecule is CCCNC(C)(C(=O)OCC)c1ccc(C(C)C)cc1. The zero-order valence-corrected chi connectivity index (χ0v) is 13.3. The molecule has 1 atom stereocenters. The molecule has 0 amide bonds. The molecule has 0 aliphatic carbocycles. The summed E-state index contributed by atoms with van der Waals surface area (Å²) in [5.74, 6) is 0.271. The van der Waals surface area contributed by atoms with Gasteiger partial charge in [-0.3, -0.25) is 5.32 Å². The van der Waals surface area contributed by atoms with Crippen molar-refractivity contribution in [2.45, 2.75) is 52.5 Å². The predicted octanol–water partition coefficient (Wildman–Crippen LogP) is 3.59. The fourth-order valence-corrected chi connectivity index (χ4v) is 2.14. The molecule has 0 heterocycles. The molecule has 1 aromatic carbocycles. The number of esters is 1. The number of benzene rings is 1. The number of hydrogen-bond acceptors (Lipinski definition) is 3. The van der Waals surface area contributed by atoms with Gasteiger partial charge >= 0.3 is 5.97 Å². The van der Waals surface area contributed by atoms with E-state index >= 15 is 0 Å². The highest BCUT2D eigenvalue weighted by atomic mass is 16.5. The minimum atomic E-state index is -0.776. The molecule has 3 heteroatoms. The van der Waals surface area contributed by atoms with Gasteiger partial charge in [0.2, 0.25) is 0 Å². The largest absolute Gasteiger partial charge is 0.464 e. The van der Waals surface area contributed by atoms with Crippen LogP contribution in [0.5, 0.6) is 0 Å². The van der Waals surface area contributed by atoms with Gasteiger partial charge in [-0.15, -0.1) is 0 Å². The number of carbonyl (C=O) groups is 1. The van der Waals surface area contributed by atoms with E-state index in [-0.39, 0.29) is 5.97 Å². The van der Waals surface area contributed by atoms with Crippen molar-refractivity contribution in [3.8, 4) is 0 Å². The Bertz CT molecular complexity index is 425. The number of rotatable bonds is 7. The van der Waals surface area contributed by atoms with Crippen molar-refractivity contribution in [1.29, 1.82) is 0 Å². The Kier molecular flexibility index (Phi) is 6.21. The highest BCUT2D eigenvalue weighted by Crippen LogP contribution is 2.25.